The number of imidazole rings is 1. The van der Waals surface area contributed by atoms with Gasteiger partial charge in [0.2, 0.25) is 6.79 Å². The van der Waals surface area contributed by atoms with Crippen molar-refractivity contribution in [2.45, 2.75) is 13.0 Å². The van der Waals surface area contributed by atoms with Crippen molar-refractivity contribution in [3.05, 3.63) is 36.4 Å². The fourth-order valence-corrected chi connectivity index (χ4v) is 2.94. The van der Waals surface area contributed by atoms with E-state index in [0.717, 1.165) is 28.2 Å². The Labute approximate surface area is 138 Å². The van der Waals surface area contributed by atoms with E-state index < -0.39 is 0 Å². The summed E-state index contributed by atoms with van der Waals surface area (Å²) in [6.07, 6.45) is 0.391. The molecule has 0 aliphatic carbocycles. The monoisotopic (exact) mass is 321 g/mol. The minimum Gasteiger partial charge on any atom is -0.496 e. The quantitative estimate of drug-likeness (QED) is 0.737. The van der Waals surface area contributed by atoms with Gasteiger partial charge in [0, 0.05) is 18.7 Å². The maximum atomic E-state index is 9.00. The number of aromatic nitrogens is 2. The van der Waals surface area contributed by atoms with Crippen LogP contribution in [0.25, 0.3) is 22.4 Å². The van der Waals surface area contributed by atoms with Crippen LogP contribution in [0.15, 0.2) is 36.4 Å². The molecule has 0 saturated carbocycles. The molecular formula is C18H15N3O3. The zero-order valence-electron chi connectivity index (χ0n) is 13.2. The predicted octanol–water partition coefficient (Wildman–Crippen LogP) is 3.35. The van der Waals surface area contributed by atoms with E-state index in [2.05, 4.69) is 6.07 Å². The Balaban J connectivity index is 1.95. The first-order valence-electron chi connectivity index (χ1n) is 7.62. The second-order valence-electron chi connectivity index (χ2n) is 5.39. The van der Waals surface area contributed by atoms with Crippen LogP contribution >= 0.6 is 0 Å². The molecule has 1 aliphatic rings. The Hall–Kier alpha value is -3.20. The summed E-state index contributed by atoms with van der Waals surface area (Å²) in [5, 5.41) is 9.00. The van der Waals surface area contributed by atoms with Gasteiger partial charge in [0.1, 0.15) is 11.6 Å². The van der Waals surface area contributed by atoms with Crippen LogP contribution in [-0.2, 0) is 6.54 Å². The maximum Gasteiger partial charge on any atom is 0.231 e. The number of hydrogen-bond donors (Lipinski definition) is 0. The summed E-state index contributed by atoms with van der Waals surface area (Å²) in [7, 11) is 1.64. The third-order valence-corrected chi connectivity index (χ3v) is 4.04. The molecule has 0 saturated heterocycles. The van der Waals surface area contributed by atoms with Crippen molar-refractivity contribution in [3.63, 3.8) is 0 Å². The Morgan fingerprint density at radius 1 is 1.25 bits per heavy atom. The van der Waals surface area contributed by atoms with Crippen molar-refractivity contribution < 1.29 is 14.2 Å². The number of hydrogen-bond acceptors (Lipinski definition) is 5. The molecule has 0 amide bonds. The normalized spacial score (nSPS) is 12.3. The molecule has 1 aromatic heterocycles. The van der Waals surface area contributed by atoms with Gasteiger partial charge in [0.15, 0.2) is 11.5 Å². The largest absolute Gasteiger partial charge is 0.496 e. The SMILES string of the molecule is COc1ccccc1-c1nc2cc3c(cc2n1CCC#N)OCO3. The Kier molecular flexibility index (Phi) is 3.47. The summed E-state index contributed by atoms with van der Waals surface area (Å²) >= 11 is 0. The van der Waals surface area contributed by atoms with E-state index in [1.165, 1.54) is 0 Å². The highest BCUT2D eigenvalue weighted by molar-refractivity contribution is 5.85. The second-order valence-corrected chi connectivity index (χ2v) is 5.39. The Bertz CT molecular complexity index is 956. The lowest BCUT2D eigenvalue weighted by atomic mass is 10.2. The molecule has 1 aliphatic heterocycles. The van der Waals surface area contributed by atoms with Gasteiger partial charge < -0.3 is 18.8 Å². The number of benzene rings is 2. The fraction of sp³-hybridized carbons (Fsp3) is 0.222. The average molecular weight is 321 g/mol. The number of nitriles is 1. The van der Waals surface area contributed by atoms with Gasteiger partial charge >= 0.3 is 0 Å². The van der Waals surface area contributed by atoms with E-state index in [0.29, 0.717) is 24.5 Å². The zero-order valence-corrected chi connectivity index (χ0v) is 13.2. The van der Waals surface area contributed by atoms with Crippen molar-refractivity contribution in [2.75, 3.05) is 13.9 Å². The van der Waals surface area contributed by atoms with Crippen LogP contribution in [0.3, 0.4) is 0 Å². The van der Waals surface area contributed by atoms with Crippen molar-refractivity contribution in [3.8, 4) is 34.7 Å². The Morgan fingerprint density at radius 3 is 2.83 bits per heavy atom. The number of ether oxygens (including phenoxy) is 3. The third kappa shape index (κ3) is 2.22. The Morgan fingerprint density at radius 2 is 2.04 bits per heavy atom. The lowest BCUT2D eigenvalue weighted by Gasteiger charge is -2.10. The highest BCUT2D eigenvalue weighted by atomic mass is 16.7. The molecule has 0 bridgehead atoms. The molecule has 24 heavy (non-hydrogen) atoms. The summed E-state index contributed by atoms with van der Waals surface area (Å²) in [4.78, 5) is 4.76. The van der Waals surface area contributed by atoms with E-state index >= 15 is 0 Å². The van der Waals surface area contributed by atoms with E-state index in [9.17, 15) is 0 Å². The summed E-state index contributed by atoms with van der Waals surface area (Å²) in [5.74, 6) is 2.90. The number of aryl methyl sites for hydroxylation is 1. The van der Waals surface area contributed by atoms with E-state index in [4.69, 9.17) is 24.5 Å². The molecule has 0 atom stereocenters. The van der Waals surface area contributed by atoms with Gasteiger partial charge in [0.25, 0.3) is 0 Å². The number of methoxy groups -OCH3 is 1. The predicted molar refractivity (Wildman–Crippen MR) is 88.1 cm³/mol. The van der Waals surface area contributed by atoms with E-state index in [1.54, 1.807) is 7.11 Å². The maximum absolute atomic E-state index is 9.00. The summed E-state index contributed by atoms with van der Waals surface area (Å²) in [5.41, 5.74) is 2.60. The smallest absolute Gasteiger partial charge is 0.231 e. The van der Waals surface area contributed by atoms with E-state index in [-0.39, 0.29) is 6.79 Å². The first-order valence-corrected chi connectivity index (χ1v) is 7.62. The van der Waals surface area contributed by atoms with Crippen molar-refractivity contribution >= 4 is 11.0 Å². The minimum atomic E-state index is 0.222. The van der Waals surface area contributed by atoms with Crippen molar-refractivity contribution in [1.82, 2.24) is 9.55 Å². The van der Waals surface area contributed by atoms with Crippen molar-refractivity contribution in [1.29, 1.82) is 5.26 Å². The van der Waals surface area contributed by atoms with Crippen LogP contribution in [0.1, 0.15) is 6.42 Å². The van der Waals surface area contributed by atoms with Crippen LogP contribution in [0.5, 0.6) is 17.2 Å². The molecule has 0 radical (unpaired) electrons. The highest BCUT2D eigenvalue weighted by Crippen LogP contribution is 2.39. The van der Waals surface area contributed by atoms with Gasteiger partial charge in [-0.3, -0.25) is 0 Å². The highest BCUT2D eigenvalue weighted by Gasteiger charge is 2.21. The minimum absolute atomic E-state index is 0.222. The van der Waals surface area contributed by atoms with Gasteiger partial charge in [-0.25, -0.2) is 4.98 Å². The topological polar surface area (TPSA) is 69.3 Å². The standard InChI is InChI=1S/C18H15N3O3/c1-22-15-6-3-2-5-12(15)18-20-13-9-16-17(24-11-23-16)10-14(13)21(18)8-4-7-19/h2-3,5-6,9-10H,4,8,11H2,1H3. The lowest BCUT2D eigenvalue weighted by molar-refractivity contribution is 0.174. The molecule has 2 aromatic carbocycles. The van der Waals surface area contributed by atoms with Crippen LogP contribution in [0, 0.1) is 11.3 Å². The number of rotatable bonds is 4. The second kappa shape index (κ2) is 5.78. The van der Waals surface area contributed by atoms with Crippen molar-refractivity contribution in [2.24, 2.45) is 0 Å². The molecule has 2 heterocycles. The van der Waals surface area contributed by atoms with Gasteiger partial charge in [-0.2, -0.15) is 5.26 Å². The molecule has 6 nitrogen and oxygen atoms in total. The van der Waals surface area contributed by atoms with Gasteiger partial charge in [0.05, 0.1) is 36.2 Å². The summed E-state index contributed by atoms with van der Waals surface area (Å²) in [6, 6.07) is 13.7. The van der Waals surface area contributed by atoms with Crippen LogP contribution in [-0.4, -0.2) is 23.5 Å². The molecule has 120 valence electrons. The number of fused-ring (bicyclic) bond motifs is 2. The first kappa shape index (κ1) is 14.4. The van der Waals surface area contributed by atoms with Crippen LogP contribution < -0.4 is 14.2 Å². The summed E-state index contributed by atoms with van der Waals surface area (Å²) < 4.78 is 18.4. The van der Waals surface area contributed by atoms with E-state index in [1.807, 2.05) is 41.0 Å². The van der Waals surface area contributed by atoms with Gasteiger partial charge in [-0.05, 0) is 12.1 Å². The molecule has 0 spiro atoms. The molecule has 0 N–H and O–H groups in total. The molecule has 0 unspecified atom stereocenters. The molecular weight excluding hydrogens is 306 g/mol. The van der Waals surface area contributed by atoms with Crippen LogP contribution in [0.2, 0.25) is 0 Å². The lowest BCUT2D eigenvalue weighted by Crippen LogP contribution is -2.01. The fourth-order valence-electron chi connectivity index (χ4n) is 2.94. The molecule has 0 fully saturated rings. The van der Waals surface area contributed by atoms with Gasteiger partial charge in [-0.1, -0.05) is 12.1 Å². The van der Waals surface area contributed by atoms with Gasteiger partial charge in [-0.15, -0.1) is 0 Å². The number of para-hydroxylation sites is 1. The average Bonchev–Trinajstić information content (AvgIpc) is 3.21. The first-order chi connectivity index (χ1) is 11.8. The third-order valence-electron chi connectivity index (χ3n) is 4.04. The van der Waals surface area contributed by atoms with Crippen LogP contribution in [0.4, 0.5) is 0 Å². The zero-order chi connectivity index (χ0) is 16.5. The summed E-state index contributed by atoms with van der Waals surface area (Å²) in [6.45, 7) is 0.763. The molecule has 6 heteroatoms. The molecule has 3 aromatic rings. The number of nitrogens with zero attached hydrogens (tertiary/aromatic N) is 3. The molecule has 4 rings (SSSR count).